The van der Waals surface area contributed by atoms with Crippen LogP contribution in [-0.4, -0.2) is 9.97 Å². The fourth-order valence-corrected chi connectivity index (χ4v) is 1.29. The Morgan fingerprint density at radius 1 is 1.29 bits per heavy atom. The second kappa shape index (κ2) is 4.25. The Morgan fingerprint density at radius 2 is 1.94 bits per heavy atom. The molecule has 0 aliphatic heterocycles. The lowest BCUT2D eigenvalue weighted by molar-refractivity contribution is -0.144. The average Bonchev–Trinajstić information content (AvgIpc) is 2.17. The van der Waals surface area contributed by atoms with Crippen LogP contribution in [-0.2, 0) is 6.18 Å². The van der Waals surface area contributed by atoms with Crippen molar-refractivity contribution in [2.45, 2.75) is 6.18 Å². The lowest BCUT2D eigenvalue weighted by Crippen LogP contribution is -2.19. The van der Waals surface area contributed by atoms with Crippen molar-refractivity contribution in [1.82, 2.24) is 9.97 Å². The van der Waals surface area contributed by atoms with Crippen molar-refractivity contribution in [2.75, 3.05) is 5.73 Å². The summed E-state index contributed by atoms with van der Waals surface area (Å²) < 4.78 is 37.0. The number of H-pyrrole nitrogens is 1. The van der Waals surface area contributed by atoms with E-state index in [1.165, 1.54) is 18.2 Å². The number of anilines is 1. The maximum Gasteiger partial charge on any atom is 0.449 e. The third-order valence-electron chi connectivity index (χ3n) is 2.00. The van der Waals surface area contributed by atoms with Gasteiger partial charge in [-0.25, -0.2) is 4.98 Å². The smallest absolute Gasteiger partial charge is 0.399 e. The van der Waals surface area contributed by atoms with Gasteiger partial charge in [-0.05, 0) is 18.2 Å². The zero-order valence-electron chi connectivity index (χ0n) is 8.21. The molecule has 0 saturated heterocycles. The molecule has 0 unspecified atom stereocenters. The van der Waals surface area contributed by atoms with Crippen LogP contribution in [0.25, 0.3) is 10.9 Å². The summed E-state index contributed by atoms with van der Waals surface area (Å²) in [5.41, 5.74) is 4.81. The molecule has 3 N–H and O–H groups in total. The molecular weight excluding hydrogens is 259 g/mol. The number of aromatic nitrogens is 2. The zero-order chi connectivity index (χ0) is 11.9. The van der Waals surface area contributed by atoms with Crippen LogP contribution in [0.1, 0.15) is 5.82 Å². The van der Waals surface area contributed by atoms with Gasteiger partial charge in [0.2, 0.25) is 5.82 Å². The lowest BCUT2D eigenvalue weighted by Gasteiger charge is -2.06. The summed E-state index contributed by atoms with van der Waals surface area (Å²) >= 11 is 0. The van der Waals surface area contributed by atoms with Gasteiger partial charge in [-0.2, -0.15) is 13.2 Å². The second-order valence-electron chi connectivity index (χ2n) is 3.19. The van der Waals surface area contributed by atoms with Gasteiger partial charge in [0.25, 0.3) is 5.56 Å². The van der Waals surface area contributed by atoms with Crippen molar-refractivity contribution in [3.05, 3.63) is 34.4 Å². The highest BCUT2D eigenvalue weighted by Crippen LogP contribution is 2.26. The van der Waals surface area contributed by atoms with Crippen molar-refractivity contribution in [3.8, 4) is 0 Å². The van der Waals surface area contributed by atoms with Gasteiger partial charge in [-0.15, -0.1) is 12.4 Å². The lowest BCUT2D eigenvalue weighted by atomic mass is 10.2. The van der Waals surface area contributed by atoms with Gasteiger partial charge in [0.15, 0.2) is 0 Å². The Bertz CT molecular complexity index is 608. The van der Waals surface area contributed by atoms with Crippen LogP contribution >= 0.6 is 12.4 Å². The molecule has 1 heterocycles. The maximum absolute atomic E-state index is 12.3. The molecule has 4 nitrogen and oxygen atoms in total. The number of hydrogen-bond donors (Lipinski definition) is 2. The minimum atomic E-state index is -4.67. The summed E-state index contributed by atoms with van der Waals surface area (Å²) in [5, 5.41) is 0.0352. The van der Waals surface area contributed by atoms with E-state index in [-0.39, 0.29) is 23.3 Å². The number of nitrogen functional groups attached to an aromatic ring is 1. The predicted molar refractivity (Wildman–Crippen MR) is 59.0 cm³/mol. The van der Waals surface area contributed by atoms with Gasteiger partial charge in [0.05, 0.1) is 10.9 Å². The number of nitrogens with one attached hydrogen (secondary N) is 1. The molecule has 0 saturated carbocycles. The topological polar surface area (TPSA) is 71.8 Å². The molecule has 1 aromatic heterocycles. The highest BCUT2D eigenvalue weighted by atomic mass is 35.5. The third kappa shape index (κ3) is 2.50. The number of benzene rings is 1. The molecule has 0 atom stereocenters. The molecular formula is C9H7ClF3N3O. The first-order valence-electron chi connectivity index (χ1n) is 4.24. The van der Waals surface area contributed by atoms with Gasteiger partial charge in [0.1, 0.15) is 0 Å². The van der Waals surface area contributed by atoms with E-state index in [0.29, 0.717) is 5.69 Å². The van der Waals surface area contributed by atoms with Gasteiger partial charge in [-0.3, -0.25) is 4.79 Å². The first-order chi connectivity index (χ1) is 7.38. The van der Waals surface area contributed by atoms with Crippen LogP contribution < -0.4 is 11.3 Å². The fourth-order valence-electron chi connectivity index (χ4n) is 1.29. The second-order valence-corrected chi connectivity index (χ2v) is 3.19. The highest BCUT2D eigenvalue weighted by molar-refractivity contribution is 5.85. The molecule has 2 aromatic rings. The van der Waals surface area contributed by atoms with Crippen molar-refractivity contribution < 1.29 is 13.2 Å². The molecule has 1 aromatic carbocycles. The average molecular weight is 266 g/mol. The third-order valence-corrected chi connectivity index (χ3v) is 2.00. The van der Waals surface area contributed by atoms with Crippen molar-refractivity contribution in [2.24, 2.45) is 0 Å². The van der Waals surface area contributed by atoms with E-state index in [0.717, 1.165) is 0 Å². The molecule has 0 aliphatic carbocycles. The molecule has 0 radical (unpaired) electrons. The predicted octanol–water partition coefficient (Wildman–Crippen LogP) is 1.95. The molecule has 0 aliphatic rings. The fraction of sp³-hybridized carbons (Fsp3) is 0.111. The summed E-state index contributed by atoms with van der Waals surface area (Å²) in [6, 6.07) is 3.94. The van der Waals surface area contributed by atoms with Gasteiger partial charge in [-0.1, -0.05) is 0 Å². The summed E-state index contributed by atoms with van der Waals surface area (Å²) in [4.78, 5) is 16.3. The number of fused-ring (bicyclic) bond motifs is 1. The number of nitrogens with zero attached hydrogens (tertiary/aromatic N) is 1. The number of alkyl halides is 3. The van der Waals surface area contributed by atoms with Crippen molar-refractivity contribution in [3.63, 3.8) is 0 Å². The summed E-state index contributed by atoms with van der Waals surface area (Å²) in [7, 11) is 0. The van der Waals surface area contributed by atoms with Gasteiger partial charge >= 0.3 is 6.18 Å². The first-order valence-corrected chi connectivity index (χ1v) is 4.24. The minimum absolute atomic E-state index is 0. The highest BCUT2D eigenvalue weighted by Gasteiger charge is 2.34. The van der Waals surface area contributed by atoms with E-state index in [9.17, 15) is 18.0 Å². The number of rotatable bonds is 0. The van der Waals surface area contributed by atoms with E-state index in [1.807, 2.05) is 0 Å². The molecule has 0 fully saturated rings. The van der Waals surface area contributed by atoms with Crippen LogP contribution in [0.3, 0.4) is 0 Å². The molecule has 0 amide bonds. The molecule has 17 heavy (non-hydrogen) atoms. The van der Waals surface area contributed by atoms with E-state index in [2.05, 4.69) is 4.98 Å². The largest absolute Gasteiger partial charge is 0.449 e. The van der Waals surface area contributed by atoms with E-state index in [1.54, 1.807) is 4.98 Å². The normalized spacial score (nSPS) is 11.2. The monoisotopic (exact) mass is 265 g/mol. The first kappa shape index (κ1) is 13.3. The molecule has 8 heteroatoms. The molecule has 0 spiro atoms. The van der Waals surface area contributed by atoms with Crippen molar-refractivity contribution >= 4 is 29.0 Å². The summed E-state index contributed by atoms with van der Waals surface area (Å²) in [6.07, 6.45) is -4.67. The number of halogens is 4. The Kier molecular flexibility index (Phi) is 3.33. The molecule has 0 bridgehead atoms. The summed E-state index contributed by atoms with van der Waals surface area (Å²) in [6.45, 7) is 0. The maximum atomic E-state index is 12.3. The van der Waals surface area contributed by atoms with Crippen LogP contribution in [0, 0.1) is 0 Å². The minimum Gasteiger partial charge on any atom is -0.399 e. The van der Waals surface area contributed by atoms with E-state index in [4.69, 9.17) is 5.73 Å². The van der Waals surface area contributed by atoms with E-state index >= 15 is 0 Å². The Balaban J connectivity index is 0.00000144. The number of nitrogens with two attached hydrogens (primary N) is 1. The van der Waals surface area contributed by atoms with E-state index < -0.39 is 17.6 Å². The zero-order valence-corrected chi connectivity index (χ0v) is 9.02. The number of hydrogen-bond acceptors (Lipinski definition) is 3. The Hall–Kier alpha value is -1.76. The molecule has 2 rings (SSSR count). The number of aromatic amines is 1. The van der Waals surface area contributed by atoms with Crippen LogP contribution in [0.5, 0.6) is 0 Å². The standard InChI is InChI=1S/C9H6F3N3O.ClH/c10-9(11,12)8-14-6-2-1-4(13)3-5(6)7(16)15-8;/h1-3H,13H2,(H,14,15,16);1H. The van der Waals surface area contributed by atoms with Crippen molar-refractivity contribution in [1.29, 1.82) is 0 Å². The quantitative estimate of drug-likeness (QED) is 0.715. The van der Waals surface area contributed by atoms with Crippen LogP contribution in [0.2, 0.25) is 0 Å². The summed E-state index contributed by atoms with van der Waals surface area (Å²) in [5.74, 6) is -1.31. The van der Waals surface area contributed by atoms with Gasteiger partial charge < -0.3 is 10.7 Å². The Labute approximate surface area is 99.1 Å². The molecule has 92 valence electrons. The van der Waals surface area contributed by atoms with Gasteiger partial charge in [0, 0.05) is 5.69 Å². The SMILES string of the molecule is Cl.Nc1ccc2nc(C(F)(F)F)[nH]c(=O)c2c1. The van der Waals surface area contributed by atoms with Crippen LogP contribution in [0.15, 0.2) is 23.0 Å². The van der Waals surface area contributed by atoms with Crippen LogP contribution in [0.4, 0.5) is 18.9 Å². The Morgan fingerprint density at radius 3 is 2.53 bits per heavy atom.